The number of nitrogens with one attached hydrogen (secondary N) is 1. The Kier molecular flexibility index (Phi) is 4.38. The summed E-state index contributed by atoms with van der Waals surface area (Å²) < 4.78 is 76.4. The fourth-order valence-corrected chi connectivity index (χ4v) is 2.04. The van der Waals surface area contributed by atoms with Gasteiger partial charge in [-0.25, -0.2) is 0 Å². The molecule has 1 N–H and O–H groups in total. The van der Waals surface area contributed by atoms with Crippen molar-refractivity contribution in [1.82, 2.24) is 10.2 Å². The smallest absolute Gasteiger partial charge is 0.341 e. The topological polar surface area (TPSA) is 32.3 Å². The number of amides is 1. The zero-order chi connectivity index (χ0) is 14.9. The summed E-state index contributed by atoms with van der Waals surface area (Å²) in [6.07, 6.45) is -12.1. The number of rotatable bonds is 3. The summed E-state index contributed by atoms with van der Waals surface area (Å²) in [5.74, 6) is -0.704. The van der Waals surface area contributed by atoms with Gasteiger partial charge in [-0.1, -0.05) is 0 Å². The molecule has 112 valence electrons. The number of likely N-dealkylation sites (tertiary alicyclic amines) is 1. The Labute approximate surface area is 105 Å². The average Bonchev–Trinajstić information content (AvgIpc) is 2.70. The maximum Gasteiger partial charge on any atom is 0.404 e. The van der Waals surface area contributed by atoms with Crippen molar-refractivity contribution >= 4 is 5.91 Å². The van der Waals surface area contributed by atoms with Crippen molar-refractivity contribution in [2.24, 2.45) is 5.41 Å². The number of hydrogen-bond donors (Lipinski definition) is 1. The molecule has 1 fully saturated rings. The van der Waals surface area contributed by atoms with Crippen molar-refractivity contribution in [2.75, 3.05) is 26.7 Å². The molecule has 0 aromatic rings. The molecule has 1 rings (SSSR count). The number of nitrogens with zero attached hydrogens (tertiary/aromatic N) is 1. The molecule has 0 radical (unpaired) electrons. The first-order valence-electron chi connectivity index (χ1n) is 5.61. The lowest BCUT2D eigenvalue weighted by atomic mass is 9.85. The van der Waals surface area contributed by atoms with Crippen LogP contribution in [0, 0.1) is 5.41 Å². The highest BCUT2D eigenvalue weighted by Gasteiger charge is 2.72. The highest BCUT2D eigenvalue weighted by molar-refractivity contribution is 5.76. The molecular weight excluding hydrogens is 278 g/mol. The van der Waals surface area contributed by atoms with E-state index in [-0.39, 0.29) is 13.0 Å². The summed E-state index contributed by atoms with van der Waals surface area (Å²) in [5, 5.41) is 2.61. The molecule has 0 bridgehead atoms. The lowest BCUT2D eigenvalue weighted by molar-refractivity contribution is -0.334. The zero-order valence-corrected chi connectivity index (χ0v) is 10.2. The molecule has 1 amide bonds. The summed E-state index contributed by atoms with van der Waals surface area (Å²) in [6.45, 7) is -1.66. The van der Waals surface area contributed by atoms with Crippen molar-refractivity contribution in [3.05, 3.63) is 0 Å². The lowest BCUT2D eigenvalue weighted by Crippen LogP contribution is -2.52. The normalized spacial score (nSPS) is 19.8. The maximum atomic E-state index is 12.7. The van der Waals surface area contributed by atoms with Gasteiger partial charge in [0.05, 0.1) is 0 Å². The fraction of sp³-hybridized carbons (Fsp3) is 0.900. The molecular formula is C10H14F6N2O. The highest BCUT2D eigenvalue weighted by atomic mass is 19.4. The molecule has 1 aliphatic heterocycles. The lowest BCUT2D eigenvalue weighted by Gasteiger charge is -2.33. The van der Waals surface area contributed by atoms with E-state index >= 15 is 0 Å². The van der Waals surface area contributed by atoms with Crippen molar-refractivity contribution in [1.29, 1.82) is 0 Å². The van der Waals surface area contributed by atoms with E-state index in [1.165, 1.54) is 7.05 Å². The molecule has 3 nitrogen and oxygen atoms in total. The third-order valence-corrected chi connectivity index (χ3v) is 3.30. The summed E-state index contributed by atoms with van der Waals surface area (Å²) >= 11 is 0. The second-order valence-electron chi connectivity index (χ2n) is 4.50. The van der Waals surface area contributed by atoms with Crippen LogP contribution in [0.5, 0.6) is 0 Å². The van der Waals surface area contributed by atoms with Gasteiger partial charge >= 0.3 is 12.4 Å². The third kappa shape index (κ3) is 2.96. The molecule has 1 aliphatic rings. The minimum Gasteiger partial charge on any atom is -0.341 e. The Morgan fingerprint density at radius 1 is 1.21 bits per heavy atom. The molecule has 0 saturated carbocycles. The van der Waals surface area contributed by atoms with E-state index in [0.717, 1.165) is 0 Å². The van der Waals surface area contributed by atoms with Gasteiger partial charge in [0, 0.05) is 26.1 Å². The van der Waals surface area contributed by atoms with Crippen LogP contribution in [-0.2, 0) is 4.79 Å². The van der Waals surface area contributed by atoms with E-state index in [1.807, 2.05) is 0 Å². The quantitative estimate of drug-likeness (QED) is 0.806. The number of hydrogen-bond acceptors (Lipinski definition) is 2. The first-order valence-corrected chi connectivity index (χ1v) is 5.61. The Morgan fingerprint density at radius 3 is 2.11 bits per heavy atom. The SMILES string of the molecule is CNCCC(=O)N1CCC(C(F)(F)F)(C(F)(F)F)C1. The minimum absolute atomic E-state index is 0.123. The van der Waals surface area contributed by atoms with Crippen LogP contribution in [0.15, 0.2) is 0 Å². The predicted molar refractivity (Wildman–Crippen MR) is 54.3 cm³/mol. The number of carbonyl (C=O) groups excluding carboxylic acids is 1. The Balaban J connectivity index is 2.88. The summed E-state index contributed by atoms with van der Waals surface area (Å²) in [6, 6.07) is 0. The molecule has 0 aromatic heterocycles. The van der Waals surface area contributed by atoms with Crippen molar-refractivity contribution in [3.63, 3.8) is 0 Å². The van der Waals surface area contributed by atoms with Crippen LogP contribution in [0.2, 0.25) is 0 Å². The summed E-state index contributed by atoms with van der Waals surface area (Å²) in [4.78, 5) is 12.1. The van der Waals surface area contributed by atoms with Crippen LogP contribution in [0.4, 0.5) is 26.3 Å². The van der Waals surface area contributed by atoms with E-state index in [0.29, 0.717) is 4.90 Å². The zero-order valence-electron chi connectivity index (χ0n) is 10.2. The monoisotopic (exact) mass is 292 g/mol. The van der Waals surface area contributed by atoms with Gasteiger partial charge in [0.2, 0.25) is 5.91 Å². The molecule has 0 atom stereocenters. The molecule has 0 spiro atoms. The van der Waals surface area contributed by atoms with Gasteiger partial charge in [0.1, 0.15) is 0 Å². The van der Waals surface area contributed by atoms with Crippen molar-refractivity contribution in [3.8, 4) is 0 Å². The van der Waals surface area contributed by atoms with E-state index in [2.05, 4.69) is 5.32 Å². The summed E-state index contributed by atoms with van der Waals surface area (Å²) in [7, 11) is 1.53. The highest BCUT2D eigenvalue weighted by Crippen LogP contribution is 2.55. The Morgan fingerprint density at radius 2 is 1.74 bits per heavy atom. The van der Waals surface area contributed by atoms with Crippen LogP contribution in [0.25, 0.3) is 0 Å². The van der Waals surface area contributed by atoms with Crippen LogP contribution < -0.4 is 5.32 Å². The van der Waals surface area contributed by atoms with Gasteiger partial charge in [-0.3, -0.25) is 4.79 Å². The standard InChI is InChI=1S/C10H14F6N2O/c1-17-4-2-7(19)18-5-3-8(6-18,9(11,12)13)10(14,15)16/h17H,2-6H2,1H3. The van der Waals surface area contributed by atoms with Gasteiger partial charge in [-0.05, 0) is 13.5 Å². The van der Waals surface area contributed by atoms with Crippen LogP contribution in [-0.4, -0.2) is 49.8 Å². The van der Waals surface area contributed by atoms with Gasteiger partial charge in [0.15, 0.2) is 5.41 Å². The van der Waals surface area contributed by atoms with E-state index in [9.17, 15) is 31.1 Å². The van der Waals surface area contributed by atoms with E-state index in [1.54, 1.807) is 0 Å². The summed E-state index contributed by atoms with van der Waals surface area (Å²) in [5.41, 5.74) is -3.80. The fourth-order valence-electron chi connectivity index (χ4n) is 2.04. The van der Waals surface area contributed by atoms with Gasteiger partial charge < -0.3 is 10.2 Å². The number of halogens is 6. The van der Waals surface area contributed by atoms with Gasteiger partial charge in [-0.2, -0.15) is 26.3 Å². The van der Waals surface area contributed by atoms with Gasteiger partial charge in [-0.15, -0.1) is 0 Å². The molecule has 9 heteroatoms. The molecule has 1 saturated heterocycles. The Hall–Kier alpha value is -0.990. The predicted octanol–water partition coefficient (Wildman–Crippen LogP) is 1.94. The van der Waals surface area contributed by atoms with Gasteiger partial charge in [0.25, 0.3) is 0 Å². The third-order valence-electron chi connectivity index (χ3n) is 3.30. The van der Waals surface area contributed by atoms with Crippen LogP contribution in [0.3, 0.4) is 0 Å². The molecule has 0 aromatic carbocycles. The first kappa shape index (κ1) is 16.1. The van der Waals surface area contributed by atoms with Crippen molar-refractivity contribution < 1.29 is 31.1 Å². The molecule has 0 unspecified atom stereocenters. The van der Waals surface area contributed by atoms with Crippen molar-refractivity contribution in [2.45, 2.75) is 25.2 Å². The second-order valence-corrected chi connectivity index (χ2v) is 4.50. The number of carbonyl (C=O) groups is 1. The second kappa shape index (κ2) is 5.18. The van der Waals surface area contributed by atoms with Crippen LogP contribution >= 0.6 is 0 Å². The minimum atomic E-state index is -5.41. The van der Waals surface area contributed by atoms with E-state index in [4.69, 9.17) is 0 Å². The maximum absolute atomic E-state index is 12.7. The molecule has 1 heterocycles. The van der Waals surface area contributed by atoms with Crippen LogP contribution in [0.1, 0.15) is 12.8 Å². The number of alkyl halides is 6. The molecule has 0 aliphatic carbocycles. The average molecular weight is 292 g/mol. The largest absolute Gasteiger partial charge is 0.404 e. The Bertz CT molecular complexity index is 324. The first-order chi connectivity index (χ1) is 8.55. The molecule has 19 heavy (non-hydrogen) atoms. The van der Waals surface area contributed by atoms with E-state index < -0.39 is 43.2 Å².